The Labute approximate surface area is 218 Å². The SMILES string of the molecule is Brc1ccc([C@@H]2Cc3ccccc3[C@H]([C@@H]3N[C@H](c4ccc(Br)cc4)Cc4ccccc43)N2)cc1. The van der Waals surface area contributed by atoms with Crippen molar-refractivity contribution in [3.05, 3.63) is 139 Å². The van der Waals surface area contributed by atoms with Crippen LogP contribution in [0.2, 0.25) is 0 Å². The van der Waals surface area contributed by atoms with E-state index in [1.54, 1.807) is 0 Å². The molecule has 170 valence electrons. The molecule has 2 nitrogen and oxygen atoms in total. The molecule has 0 fully saturated rings. The van der Waals surface area contributed by atoms with Gasteiger partial charge in [0.05, 0.1) is 12.1 Å². The summed E-state index contributed by atoms with van der Waals surface area (Å²) < 4.78 is 2.23. The average molecular weight is 574 g/mol. The molecule has 4 aromatic carbocycles. The van der Waals surface area contributed by atoms with E-state index in [0.717, 1.165) is 21.8 Å². The second-order valence-corrected chi connectivity index (χ2v) is 11.1. The predicted octanol–water partition coefficient (Wildman–Crippen LogP) is 7.77. The highest BCUT2D eigenvalue weighted by molar-refractivity contribution is 9.10. The maximum absolute atomic E-state index is 4.05. The average Bonchev–Trinajstić information content (AvgIpc) is 2.88. The fourth-order valence-corrected chi connectivity index (χ4v) is 6.12. The van der Waals surface area contributed by atoms with Gasteiger partial charge in [0, 0.05) is 21.0 Å². The Hall–Kier alpha value is -2.24. The highest BCUT2D eigenvalue weighted by Gasteiger charge is 2.37. The molecule has 2 heterocycles. The highest BCUT2D eigenvalue weighted by Crippen LogP contribution is 2.43. The molecule has 0 saturated carbocycles. The maximum atomic E-state index is 4.05. The Balaban J connectivity index is 1.41. The van der Waals surface area contributed by atoms with E-state index in [1.807, 2.05) is 0 Å². The van der Waals surface area contributed by atoms with Crippen molar-refractivity contribution in [2.24, 2.45) is 0 Å². The van der Waals surface area contributed by atoms with Crippen LogP contribution in [0.3, 0.4) is 0 Å². The molecule has 0 saturated heterocycles. The van der Waals surface area contributed by atoms with E-state index >= 15 is 0 Å². The molecule has 0 radical (unpaired) electrons. The van der Waals surface area contributed by atoms with Gasteiger partial charge in [-0.05, 0) is 70.5 Å². The van der Waals surface area contributed by atoms with Crippen LogP contribution in [0, 0.1) is 0 Å². The Bertz CT molecular complexity index is 1200. The van der Waals surface area contributed by atoms with E-state index in [1.165, 1.54) is 33.4 Å². The van der Waals surface area contributed by atoms with Crippen LogP contribution in [0.1, 0.15) is 57.5 Å². The molecular weight excluding hydrogens is 548 g/mol. The fourth-order valence-electron chi connectivity index (χ4n) is 5.59. The topological polar surface area (TPSA) is 24.1 Å². The molecule has 4 atom stereocenters. The first-order chi connectivity index (χ1) is 16.7. The van der Waals surface area contributed by atoms with Crippen LogP contribution in [-0.4, -0.2) is 0 Å². The van der Waals surface area contributed by atoms with Crippen molar-refractivity contribution in [2.45, 2.75) is 37.0 Å². The zero-order valence-electron chi connectivity index (χ0n) is 18.7. The zero-order chi connectivity index (χ0) is 23.1. The number of rotatable bonds is 3. The Kier molecular flexibility index (Phi) is 6.17. The molecule has 34 heavy (non-hydrogen) atoms. The summed E-state index contributed by atoms with van der Waals surface area (Å²) in [7, 11) is 0. The Morgan fingerprint density at radius 2 is 0.882 bits per heavy atom. The van der Waals surface area contributed by atoms with Crippen molar-refractivity contribution in [1.82, 2.24) is 10.6 Å². The van der Waals surface area contributed by atoms with E-state index in [2.05, 4.69) is 140 Å². The van der Waals surface area contributed by atoms with Gasteiger partial charge in [-0.25, -0.2) is 0 Å². The van der Waals surface area contributed by atoms with Crippen LogP contribution < -0.4 is 10.6 Å². The minimum absolute atomic E-state index is 0.179. The molecule has 4 aromatic rings. The van der Waals surface area contributed by atoms with Gasteiger partial charge in [-0.3, -0.25) is 0 Å². The fraction of sp³-hybridized carbons (Fsp3) is 0.200. The lowest BCUT2D eigenvalue weighted by Crippen LogP contribution is -2.44. The third-order valence-electron chi connectivity index (χ3n) is 7.27. The lowest BCUT2D eigenvalue weighted by molar-refractivity contribution is 0.288. The van der Waals surface area contributed by atoms with Gasteiger partial charge in [0.2, 0.25) is 0 Å². The Morgan fingerprint density at radius 1 is 0.500 bits per heavy atom. The van der Waals surface area contributed by atoms with E-state index in [9.17, 15) is 0 Å². The van der Waals surface area contributed by atoms with Gasteiger partial charge < -0.3 is 10.6 Å². The summed E-state index contributed by atoms with van der Waals surface area (Å²) in [5.41, 5.74) is 8.33. The van der Waals surface area contributed by atoms with Crippen molar-refractivity contribution in [3.63, 3.8) is 0 Å². The smallest absolute Gasteiger partial charge is 0.0526 e. The van der Waals surface area contributed by atoms with Crippen molar-refractivity contribution in [2.75, 3.05) is 0 Å². The lowest BCUT2D eigenvalue weighted by atomic mass is 9.78. The largest absolute Gasteiger partial charge is 0.301 e. The third-order valence-corrected chi connectivity index (χ3v) is 8.33. The minimum atomic E-state index is 0.179. The van der Waals surface area contributed by atoms with E-state index in [4.69, 9.17) is 0 Å². The molecular formula is C30H26Br2N2. The number of halogens is 2. The maximum Gasteiger partial charge on any atom is 0.0526 e. The molecule has 0 aliphatic carbocycles. The standard InChI is InChI=1S/C30H26Br2N2/c31-23-13-9-19(10-14-23)27-17-21-5-1-3-7-25(21)29(33-27)30-26-8-4-2-6-22(26)18-28(34-30)20-11-15-24(32)16-12-20/h1-16,27-30,33-34H,17-18H2/t27-,28-,29+,30+/m0/s1. The number of nitrogens with one attached hydrogen (secondary N) is 2. The van der Waals surface area contributed by atoms with Crippen molar-refractivity contribution in [3.8, 4) is 0 Å². The number of fused-ring (bicyclic) bond motifs is 2. The van der Waals surface area contributed by atoms with E-state index < -0.39 is 0 Å². The molecule has 0 amide bonds. The summed E-state index contributed by atoms with van der Waals surface area (Å²) in [5.74, 6) is 0. The van der Waals surface area contributed by atoms with Crippen LogP contribution in [-0.2, 0) is 12.8 Å². The number of benzene rings is 4. The van der Waals surface area contributed by atoms with Gasteiger partial charge in [-0.15, -0.1) is 0 Å². The molecule has 2 aliphatic heterocycles. The highest BCUT2D eigenvalue weighted by atomic mass is 79.9. The molecule has 2 aliphatic rings. The molecule has 0 spiro atoms. The molecule has 6 rings (SSSR count). The summed E-state index contributed by atoms with van der Waals surface area (Å²) in [6.45, 7) is 0. The van der Waals surface area contributed by atoms with Gasteiger partial charge in [-0.2, -0.15) is 0 Å². The van der Waals surface area contributed by atoms with Gasteiger partial charge in [0.25, 0.3) is 0 Å². The van der Waals surface area contributed by atoms with Gasteiger partial charge >= 0.3 is 0 Å². The van der Waals surface area contributed by atoms with Gasteiger partial charge in [-0.1, -0.05) is 105 Å². The monoisotopic (exact) mass is 572 g/mol. The summed E-state index contributed by atoms with van der Waals surface area (Å²) in [5, 5.41) is 8.10. The number of hydrogen-bond acceptors (Lipinski definition) is 2. The lowest BCUT2D eigenvalue weighted by Gasteiger charge is -2.43. The van der Waals surface area contributed by atoms with Crippen molar-refractivity contribution < 1.29 is 0 Å². The first-order valence-electron chi connectivity index (χ1n) is 11.8. The predicted molar refractivity (Wildman–Crippen MR) is 146 cm³/mol. The molecule has 2 N–H and O–H groups in total. The van der Waals surface area contributed by atoms with Gasteiger partial charge in [0.1, 0.15) is 0 Å². The first-order valence-corrected chi connectivity index (χ1v) is 13.4. The second-order valence-electron chi connectivity index (χ2n) is 9.30. The zero-order valence-corrected chi connectivity index (χ0v) is 21.9. The van der Waals surface area contributed by atoms with Crippen LogP contribution in [0.15, 0.2) is 106 Å². The Morgan fingerprint density at radius 3 is 1.29 bits per heavy atom. The molecule has 0 bridgehead atoms. The number of hydrogen-bond donors (Lipinski definition) is 2. The first kappa shape index (κ1) is 22.2. The molecule has 4 heteroatoms. The van der Waals surface area contributed by atoms with Crippen LogP contribution in [0.5, 0.6) is 0 Å². The van der Waals surface area contributed by atoms with Crippen LogP contribution in [0.25, 0.3) is 0 Å². The van der Waals surface area contributed by atoms with Gasteiger partial charge in [0.15, 0.2) is 0 Å². The summed E-state index contributed by atoms with van der Waals surface area (Å²) in [6, 6.07) is 36.3. The second kappa shape index (κ2) is 9.43. The van der Waals surface area contributed by atoms with Crippen LogP contribution >= 0.6 is 31.9 Å². The van der Waals surface area contributed by atoms with Crippen molar-refractivity contribution in [1.29, 1.82) is 0 Å². The summed E-state index contributed by atoms with van der Waals surface area (Å²) in [6.07, 6.45) is 2.00. The molecule has 0 aromatic heterocycles. The summed E-state index contributed by atoms with van der Waals surface area (Å²) in [4.78, 5) is 0. The van der Waals surface area contributed by atoms with E-state index in [-0.39, 0.29) is 24.2 Å². The minimum Gasteiger partial charge on any atom is -0.301 e. The van der Waals surface area contributed by atoms with Crippen LogP contribution in [0.4, 0.5) is 0 Å². The van der Waals surface area contributed by atoms with Crippen molar-refractivity contribution >= 4 is 31.9 Å². The quantitative estimate of drug-likeness (QED) is 0.261. The third kappa shape index (κ3) is 4.29. The summed E-state index contributed by atoms with van der Waals surface area (Å²) >= 11 is 7.18. The molecule has 0 unspecified atom stereocenters. The normalized spacial score (nSPS) is 23.7. The van der Waals surface area contributed by atoms with E-state index in [0.29, 0.717) is 0 Å².